The number of rotatable bonds is 11. The number of thiazole rings is 1. The monoisotopic (exact) mass is 517 g/mol. The summed E-state index contributed by atoms with van der Waals surface area (Å²) in [5, 5.41) is 1.98. The van der Waals surface area contributed by atoms with Crippen LogP contribution in [0, 0.1) is 0 Å². The minimum atomic E-state index is -3.71. The Morgan fingerprint density at radius 2 is 1.71 bits per heavy atom. The molecule has 1 aromatic heterocycles. The summed E-state index contributed by atoms with van der Waals surface area (Å²) in [5.41, 5.74) is 1.54. The number of hydrogen-bond donors (Lipinski definition) is 1. The van der Waals surface area contributed by atoms with Gasteiger partial charge in [0.1, 0.15) is 22.2 Å². The minimum Gasteiger partial charge on any atom is -0.497 e. The van der Waals surface area contributed by atoms with Gasteiger partial charge in [-0.2, -0.15) is 0 Å². The van der Waals surface area contributed by atoms with Crippen LogP contribution in [0.5, 0.6) is 11.5 Å². The van der Waals surface area contributed by atoms with Gasteiger partial charge in [-0.05, 0) is 30.5 Å². The lowest BCUT2D eigenvalue weighted by Gasteiger charge is -2.22. The average molecular weight is 518 g/mol. The molecule has 3 aromatic rings. The van der Waals surface area contributed by atoms with E-state index in [1.54, 1.807) is 23.1 Å². The molecule has 0 spiro atoms. The summed E-state index contributed by atoms with van der Waals surface area (Å²) >= 11 is 1.18. The Hall–Kier alpha value is -3.44. The lowest BCUT2D eigenvalue weighted by molar-refractivity contribution is 0.0740. The maximum absolute atomic E-state index is 13.5. The number of nitrogens with zero attached hydrogens (tertiary/aromatic N) is 2. The van der Waals surface area contributed by atoms with Gasteiger partial charge >= 0.3 is 0 Å². The maximum atomic E-state index is 13.5. The van der Waals surface area contributed by atoms with E-state index in [0.29, 0.717) is 35.0 Å². The van der Waals surface area contributed by atoms with Gasteiger partial charge in [-0.25, -0.2) is 18.1 Å². The van der Waals surface area contributed by atoms with Crippen molar-refractivity contribution in [3.8, 4) is 11.5 Å². The molecular weight excluding hydrogens is 490 g/mol. The van der Waals surface area contributed by atoms with E-state index in [9.17, 15) is 18.0 Å². The predicted octanol–water partition coefficient (Wildman–Crippen LogP) is 3.12. The molecule has 186 valence electrons. The van der Waals surface area contributed by atoms with Crippen molar-refractivity contribution in [2.24, 2.45) is 0 Å². The fraction of sp³-hybridized carbons (Fsp3) is 0.292. The van der Waals surface area contributed by atoms with Crippen molar-refractivity contribution in [2.45, 2.75) is 19.4 Å². The Morgan fingerprint density at radius 1 is 1.06 bits per heavy atom. The normalized spacial score (nSPS) is 11.1. The summed E-state index contributed by atoms with van der Waals surface area (Å²) in [5.74, 6) is -0.0704. The summed E-state index contributed by atoms with van der Waals surface area (Å²) in [7, 11) is -0.683. The van der Waals surface area contributed by atoms with Gasteiger partial charge in [0.2, 0.25) is 10.0 Å². The second-order valence-corrected chi connectivity index (χ2v) is 10.4. The van der Waals surface area contributed by atoms with Crippen molar-refractivity contribution in [3.63, 3.8) is 0 Å². The zero-order valence-corrected chi connectivity index (χ0v) is 21.3. The largest absolute Gasteiger partial charge is 0.497 e. The Labute approximate surface area is 208 Å². The Bertz CT molecular complexity index is 1250. The van der Waals surface area contributed by atoms with Crippen LogP contribution >= 0.6 is 11.3 Å². The zero-order chi connectivity index (χ0) is 25.4. The van der Waals surface area contributed by atoms with E-state index in [2.05, 4.69) is 4.98 Å². The van der Waals surface area contributed by atoms with Gasteiger partial charge in [-0.15, -0.1) is 11.3 Å². The van der Waals surface area contributed by atoms with Crippen molar-refractivity contribution < 1.29 is 27.5 Å². The third-order valence-electron chi connectivity index (χ3n) is 5.01. The molecule has 9 nitrogen and oxygen atoms in total. The predicted molar refractivity (Wildman–Crippen MR) is 133 cm³/mol. The molecule has 3 rings (SSSR count). The molecule has 0 fully saturated rings. The van der Waals surface area contributed by atoms with Crippen LogP contribution in [-0.2, 0) is 23.0 Å². The zero-order valence-electron chi connectivity index (χ0n) is 19.7. The van der Waals surface area contributed by atoms with Gasteiger partial charge in [-0.1, -0.05) is 30.3 Å². The van der Waals surface area contributed by atoms with Crippen LogP contribution in [0.1, 0.15) is 37.8 Å². The van der Waals surface area contributed by atoms with Crippen LogP contribution in [0.4, 0.5) is 0 Å². The molecule has 0 radical (unpaired) electrons. The number of amides is 2. The number of carbonyl (C=O) groups is 2. The first-order chi connectivity index (χ1) is 16.7. The summed E-state index contributed by atoms with van der Waals surface area (Å²) in [6.45, 7) is 0.599. The van der Waals surface area contributed by atoms with E-state index in [1.165, 1.54) is 30.9 Å². The lowest BCUT2D eigenvalue weighted by atomic mass is 10.1. The molecule has 0 atom stereocenters. The molecule has 2 amide bonds. The number of aryl methyl sites for hydroxylation is 1. The van der Waals surface area contributed by atoms with Gasteiger partial charge in [0, 0.05) is 23.6 Å². The van der Waals surface area contributed by atoms with Crippen LogP contribution in [0.15, 0.2) is 53.9 Å². The molecule has 1 heterocycles. The van der Waals surface area contributed by atoms with Gasteiger partial charge in [0.25, 0.3) is 11.8 Å². The molecule has 2 aromatic carbocycles. The second kappa shape index (κ2) is 11.8. The molecule has 35 heavy (non-hydrogen) atoms. The van der Waals surface area contributed by atoms with Crippen molar-refractivity contribution in [3.05, 3.63) is 75.7 Å². The van der Waals surface area contributed by atoms with E-state index in [4.69, 9.17) is 9.47 Å². The third kappa shape index (κ3) is 7.79. The van der Waals surface area contributed by atoms with Crippen LogP contribution in [0.25, 0.3) is 0 Å². The quantitative estimate of drug-likeness (QED) is 0.416. The highest BCUT2D eigenvalue weighted by atomic mass is 32.2. The number of aromatic nitrogens is 1. The van der Waals surface area contributed by atoms with E-state index in [1.807, 2.05) is 35.1 Å². The average Bonchev–Trinajstić information content (AvgIpc) is 3.31. The Kier molecular flexibility index (Phi) is 8.83. The number of carbonyl (C=O) groups excluding carboxylic acids is 2. The third-order valence-corrected chi connectivity index (χ3v) is 6.40. The van der Waals surface area contributed by atoms with Crippen LogP contribution < -0.4 is 14.2 Å². The highest BCUT2D eigenvalue weighted by Gasteiger charge is 2.21. The molecule has 1 N–H and O–H groups in total. The fourth-order valence-corrected chi connectivity index (χ4v) is 4.59. The van der Waals surface area contributed by atoms with Crippen molar-refractivity contribution in [1.82, 2.24) is 14.6 Å². The summed E-state index contributed by atoms with van der Waals surface area (Å²) < 4.78 is 35.2. The van der Waals surface area contributed by atoms with E-state index < -0.39 is 15.9 Å². The second-order valence-electron chi connectivity index (χ2n) is 7.75. The SMILES string of the molecule is COc1cc(OC)cc(C(=O)N(CCCc2ccccc2)Cc2nc(C(=O)NS(C)(=O)=O)cs2)c1. The summed E-state index contributed by atoms with van der Waals surface area (Å²) in [6.07, 6.45) is 2.39. The molecular formula is C24H27N3O6S2. The first-order valence-electron chi connectivity index (χ1n) is 10.7. The molecule has 0 aliphatic heterocycles. The van der Waals surface area contributed by atoms with Gasteiger partial charge < -0.3 is 14.4 Å². The van der Waals surface area contributed by atoms with E-state index in [-0.39, 0.29) is 18.1 Å². The van der Waals surface area contributed by atoms with Crippen LogP contribution in [-0.4, -0.2) is 57.1 Å². The van der Waals surface area contributed by atoms with E-state index in [0.717, 1.165) is 18.2 Å². The van der Waals surface area contributed by atoms with Crippen molar-refractivity contribution in [1.29, 1.82) is 0 Å². The molecule has 0 saturated carbocycles. The molecule has 0 unspecified atom stereocenters. The van der Waals surface area contributed by atoms with Crippen LogP contribution in [0.2, 0.25) is 0 Å². The number of hydrogen-bond acceptors (Lipinski definition) is 8. The Morgan fingerprint density at radius 3 is 2.31 bits per heavy atom. The van der Waals surface area contributed by atoms with Crippen molar-refractivity contribution >= 4 is 33.2 Å². The molecule has 0 aliphatic carbocycles. The van der Waals surface area contributed by atoms with Crippen molar-refractivity contribution in [2.75, 3.05) is 27.0 Å². The standard InChI is InChI=1S/C24H27N3O6S2/c1-32-19-12-18(13-20(14-19)33-2)24(29)27(11-7-10-17-8-5-4-6-9-17)15-22-25-21(16-34-22)23(28)26-35(3,30)31/h4-6,8-9,12-14,16H,7,10-11,15H2,1-3H3,(H,26,28). The number of ether oxygens (including phenoxy) is 2. The topological polar surface area (TPSA) is 115 Å². The van der Waals surface area contributed by atoms with E-state index >= 15 is 0 Å². The Balaban J connectivity index is 1.81. The number of methoxy groups -OCH3 is 2. The first kappa shape index (κ1) is 26.2. The highest BCUT2D eigenvalue weighted by Crippen LogP contribution is 2.24. The summed E-state index contributed by atoms with van der Waals surface area (Å²) in [4.78, 5) is 31.5. The van der Waals surface area contributed by atoms with Gasteiger partial charge in [0.15, 0.2) is 0 Å². The molecule has 11 heteroatoms. The number of nitrogens with one attached hydrogen (secondary N) is 1. The highest BCUT2D eigenvalue weighted by molar-refractivity contribution is 7.89. The van der Waals surface area contributed by atoms with Gasteiger partial charge in [-0.3, -0.25) is 9.59 Å². The lowest BCUT2D eigenvalue weighted by Crippen LogP contribution is -2.32. The maximum Gasteiger partial charge on any atom is 0.284 e. The minimum absolute atomic E-state index is 0.0184. The summed E-state index contributed by atoms with van der Waals surface area (Å²) in [6, 6.07) is 14.9. The van der Waals surface area contributed by atoms with Gasteiger partial charge in [0.05, 0.1) is 27.0 Å². The molecule has 0 aliphatic rings. The number of sulfonamides is 1. The smallest absolute Gasteiger partial charge is 0.284 e. The molecule has 0 saturated heterocycles. The fourth-order valence-electron chi connectivity index (χ4n) is 3.36. The molecule has 0 bridgehead atoms. The first-order valence-corrected chi connectivity index (χ1v) is 13.5. The van der Waals surface area contributed by atoms with Crippen LogP contribution in [0.3, 0.4) is 0 Å². The number of benzene rings is 2.